The number of ketones is 1. The third-order valence-electron chi connectivity index (χ3n) is 3.24. The highest BCUT2D eigenvalue weighted by atomic mass is 16.2. The third-order valence-corrected chi connectivity index (χ3v) is 3.24. The van der Waals surface area contributed by atoms with Crippen molar-refractivity contribution in [2.24, 2.45) is 0 Å². The van der Waals surface area contributed by atoms with Crippen LogP contribution >= 0.6 is 0 Å². The number of carbonyl (C=O) groups is 2. The molecule has 1 fully saturated rings. The van der Waals surface area contributed by atoms with Crippen molar-refractivity contribution in [2.75, 3.05) is 11.4 Å². The molecule has 0 aliphatic carbocycles. The first-order chi connectivity index (χ1) is 9.16. The maximum absolute atomic E-state index is 11.8. The van der Waals surface area contributed by atoms with E-state index >= 15 is 0 Å². The van der Waals surface area contributed by atoms with Gasteiger partial charge in [-0.25, -0.2) is 0 Å². The summed E-state index contributed by atoms with van der Waals surface area (Å²) in [5.74, 6) is 0.750. The molecule has 3 heterocycles. The Morgan fingerprint density at radius 3 is 3.00 bits per heavy atom. The summed E-state index contributed by atoms with van der Waals surface area (Å²) in [5.41, 5.74) is 0.785. The second-order valence-corrected chi connectivity index (χ2v) is 4.73. The van der Waals surface area contributed by atoms with Gasteiger partial charge >= 0.3 is 0 Å². The molecule has 0 radical (unpaired) electrons. The molecule has 0 atom stereocenters. The zero-order valence-electron chi connectivity index (χ0n) is 10.7. The van der Waals surface area contributed by atoms with Gasteiger partial charge in [0.1, 0.15) is 6.54 Å². The first-order valence-electron chi connectivity index (χ1n) is 6.27. The average Bonchev–Trinajstić information content (AvgIpc) is 2.94. The molecule has 19 heavy (non-hydrogen) atoms. The number of amides is 1. The molecule has 1 aliphatic heterocycles. The van der Waals surface area contributed by atoms with Gasteiger partial charge in [-0.2, -0.15) is 5.10 Å². The van der Waals surface area contributed by atoms with Crippen molar-refractivity contribution in [3.63, 3.8) is 0 Å². The third kappa shape index (κ3) is 1.99. The Labute approximate surface area is 110 Å². The number of aromatic nitrogens is 3. The van der Waals surface area contributed by atoms with E-state index < -0.39 is 0 Å². The Morgan fingerprint density at radius 2 is 2.32 bits per heavy atom. The van der Waals surface area contributed by atoms with Crippen LogP contribution in [-0.4, -0.2) is 33.0 Å². The lowest BCUT2D eigenvalue weighted by molar-refractivity contribution is -0.118. The minimum Gasteiger partial charge on any atom is -0.298 e. The number of Topliss-reactive ketones (excluding diaryl/α,β-unsaturated/α-hetero) is 1. The summed E-state index contributed by atoms with van der Waals surface area (Å²) in [6, 6.07) is 1.83. The Kier molecular flexibility index (Phi) is 2.77. The van der Waals surface area contributed by atoms with Gasteiger partial charge in [0.05, 0.1) is 11.7 Å². The van der Waals surface area contributed by atoms with Gasteiger partial charge in [-0.3, -0.25) is 24.2 Å². The van der Waals surface area contributed by atoms with Gasteiger partial charge in [0, 0.05) is 24.5 Å². The fourth-order valence-corrected chi connectivity index (χ4v) is 2.41. The summed E-state index contributed by atoms with van der Waals surface area (Å²) in [5, 5.41) is 5.29. The molecule has 6 nitrogen and oxygen atoms in total. The molecule has 1 aliphatic rings. The summed E-state index contributed by atoms with van der Waals surface area (Å²) in [6.45, 7) is 2.40. The minimum absolute atomic E-state index is 0.0209. The van der Waals surface area contributed by atoms with Crippen LogP contribution in [0, 0.1) is 0 Å². The molecule has 2 aromatic rings. The fraction of sp³-hybridized carbons (Fsp3) is 0.385. The average molecular weight is 258 g/mol. The normalized spacial score (nSPS) is 15.4. The van der Waals surface area contributed by atoms with Crippen LogP contribution < -0.4 is 4.90 Å². The van der Waals surface area contributed by atoms with Crippen LogP contribution in [0.4, 0.5) is 5.82 Å². The molecule has 0 aromatic carbocycles. The second-order valence-electron chi connectivity index (χ2n) is 4.73. The number of carbonyl (C=O) groups excluding carboxylic acids is 2. The molecule has 0 spiro atoms. The first kappa shape index (κ1) is 11.8. The second kappa shape index (κ2) is 4.46. The van der Waals surface area contributed by atoms with Crippen LogP contribution in [0.15, 0.2) is 18.5 Å². The van der Waals surface area contributed by atoms with Crippen molar-refractivity contribution in [1.29, 1.82) is 0 Å². The summed E-state index contributed by atoms with van der Waals surface area (Å²) in [4.78, 5) is 28.9. The molecule has 2 aromatic heterocycles. The summed E-state index contributed by atoms with van der Waals surface area (Å²) < 4.78 is 1.62. The summed E-state index contributed by atoms with van der Waals surface area (Å²) in [7, 11) is 0. The number of anilines is 1. The van der Waals surface area contributed by atoms with Gasteiger partial charge in [0.15, 0.2) is 11.6 Å². The molecule has 98 valence electrons. The molecule has 1 saturated heterocycles. The molecular weight excluding hydrogens is 244 g/mol. The predicted molar refractivity (Wildman–Crippen MR) is 69.8 cm³/mol. The van der Waals surface area contributed by atoms with Crippen LogP contribution in [-0.2, 0) is 16.1 Å². The Hall–Kier alpha value is -2.24. The number of hydrogen-bond donors (Lipinski definition) is 0. The van der Waals surface area contributed by atoms with E-state index in [1.165, 1.54) is 6.92 Å². The summed E-state index contributed by atoms with van der Waals surface area (Å²) >= 11 is 0. The highest BCUT2D eigenvalue weighted by molar-refractivity contribution is 6.02. The number of hydrogen-bond acceptors (Lipinski definition) is 4. The molecule has 6 heteroatoms. The monoisotopic (exact) mass is 258 g/mol. The van der Waals surface area contributed by atoms with Crippen LogP contribution in [0.3, 0.4) is 0 Å². The van der Waals surface area contributed by atoms with Crippen LogP contribution in [0.25, 0.3) is 10.9 Å². The van der Waals surface area contributed by atoms with Crippen molar-refractivity contribution >= 4 is 28.4 Å². The first-order valence-corrected chi connectivity index (χ1v) is 6.27. The van der Waals surface area contributed by atoms with E-state index in [-0.39, 0.29) is 18.2 Å². The van der Waals surface area contributed by atoms with E-state index in [1.807, 2.05) is 6.07 Å². The largest absolute Gasteiger partial charge is 0.298 e. The highest BCUT2D eigenvalue weighted by Gasteiger charge is 2.26. The lowest BCUT2D eigenvalue weighted by atomic mass is 10.3. The summed E-state index contributed by atoms with van der Waals surface area (Å²) in [6.07, 6.45) is 4.76. The molecule has 3 rings (SSSR count). The quantitative estimate of drug-likeness (QED) is 0.828. The van der Waals surface area contributed by atoms with Crippen molar-refractivity contribution < 1.29 is 9.59 Å². The smallest absolute Gasteiger partial charge is 0.228 e. The van der Waals surface area contributed by atoms with Gasteiger partial charge in [0.25, 0.3) is 0 Å². The number of nitrogens with zero attached hydrogens (tertiary/aromatic N) is 4. The number of pyridine rings is 1. The van der Waals surface area contributed by atoms with Gasteiger partial charge < -0.3 is 0 Å². The van der Waals surface area contributed by atoms with Gasteiger partial charge in [-0.05, 0) is 19.4 Å². The van der Waals surface area contributed by atoms with Crippen molar-refractivity contribution in [2.45, 2.75) is 26.3 Å². The molecule has 1 amide bonds. The topological polar surface area (TPSA) is 68.1 Å². The van der Waals surface area contributed by atoms with Gasteiger partial charge in [-0.15, -0.1) is 0 Å². The standard InChI is InChI=1S/C13H14N4O2/c1-9(18)8-17-11-7-14-5-4-10(11)13(15-17)16-6-2-3-12(16)19/h4-5,7H,2-3,6,8H2,1H3. The molecule has 0 N–H and O–H groups in total. The number of rotatable bonds is 3. The minimum atomic E-state index is 0.0209. The lowest BCUT2D eigenvalue weighted by Gasteiger charge is -2.11. The van der Waals surface area contributed by atoms with Gasteiger partial charge in [-0.1, -0.05) is 0 Å². The predicted octanol–water partition coefficient (Wildman–Crippen LogP) is 1.15. The van der Waals surface area contributed by atoms with E-state index in [2.05, 4.69) is 10.1 Å². The van der Waals surface area contributed by atoms with Crippen molar-refractivity contribution in [1.82, 2.24) is 14.8 Å². The fourth-order valence-electron chi connectivity index (χ4n) is 2.41. The van der Waals surface area contributed by atoms with Crippen LogP contribution in [0.2, 0.25) is 0 Å². The highest BCUT2D eigenvalue weighted by Crippen LogP contribution is 2.28. The Bertz CT molecular complexity index is 662. The lowest BCUT2D eigenvalue weighted by Crippen LogP contribution is -2.24. The SMILES string of the molecule is CC(=O)Cn1nc(N2CCCC2=O)c2ccncc21. The zero-order valence-corrected chi connectivity index (χ0v) is 10.7. The van der Waals surface area contributed by atoms with Crippen LogP contribution in [0.5, 0.6) is 0 Å². The van der Waals surface area contributed by atoms with E-state index in [4.69, 9.17) is 0 Å². The maximum Gasteiger partial charge on any atom is 0.228 e. The zero-order chi connectivity index (χ0) is 13.4. The van der Waals surface area contributed by atoms with E-state index in [0.717, 1.165) is 17.3 Å². The van der Waals surface area contributed by atoms with E-state index in [0.29, 0.717) is 18.8 Å². The Balaban J connectivity index is 2.14. The van der Waals surface area contributed by atoms with Crippen LogP contribution in [0.1, 0.15) is 19.8 Å². The molecule has 0 saturated carbocycles. The van der Waals surface area contributed by atoms with Crippen molar-refractivity contribution in [3.05, 3.63) is 18.5 Å². The molecule has 0 unspecified atom stereocenters. The number of fused-ring (bicyclic) bond motifs is 1. The maximum atomic E-state index is 11.8. The van der Waals surface area contributed by atoms with E-state index in [9.17, 15) is 9.59 Å². The molecule has 0 bridgehead atoms. The van der Waals surface area contributed by atoms with Gasteiger partial charge in [0.2, 0.25) is 5.91 Å². The Morgan fingerprint density at radius 1 is 1.47 bits per heavy atom. The van der Waals surface area contributed by atoms with E-state index in [1.54, 1.807) is 22.0 Å². The van der Waals surface area contributed by atoms with Crippen molar-refractivity contribution in [3.8, 4) is 0 Å². The molecular formula is C13H14N4O2.